The molecule has 0 saturated heterocycles. The van der Waals surface area contributed by atoms with E-state index in [1.54, 1.807) is 20.4 Å². The molecule has 1 aromatic heterocycles. The average Bonchev–Trinajstić information content (AvgIpc) is 3.02. The zero-order chi connectivity index (χ0) is 17.0. The molecule has 124 valence electrons. The van der Waals surface area contributed by atoms with Crippen LogP contribution in [0.15, 0.2) is 24.4 Å². The number of aromatic nitrogens is 1. The second-order valence-corrected chi connectivity index (χ2v) is 7.17. The van der Waals surface area contributed by atoms with Crippen molar-refractivity contribution >= 4 is 17.2 Å². The van der Waals surface area contributed by atoms with Gasteiger partial charge in [0.2, 0.25) is 0 Å². The Morgan fingerprint density at radius 1 is 1.26 bits per heavy atom. The number of carbonyl (C=O) groups is 1. The molecule has 1 amide bonds. The van der Waals surface area contributed by atoms with Crippen LogP contribution in [0.1, 0.15) is 41.0 Å². The normalized spacial score (nSPS) is 11.2. The number of nitrogens with one attached hydrogen (secondary N) is 1. The molecule has 23 heavy (non-hydrogen) atoms. The average molecular weight is 334 g/mol. The maximum atomic E-state index is 12.3. The van der Waals surface area contributed by atoms with Gasteiger partial charge >= 0.3 is 0 Å². The summed E-state index contributed by atoms with van der Waals surface area (Å²) in [5.74, 6) is 1.30. The summed E-state index contributed by atoms with van der Waals surface area (Å²) in [6.45, 7) is 6.60. The topological polar surface area (TPSA) is 60.5 Å². The van der Waals surface area contributed by atoms with Crippen molar-refractivity contribution in [2.45, 2.75) is 32.7 Å². The Morgan fingerprint density at radius 3 is 2.57 bits per heavy atom. The summed E-state index contributed by atoms with van der Waals surface area (Å²) in [7, 11) is 3.21. The Kier molecular flexibility index (Phi) is 5.26. The van der Waals surface area contributed by atoms with Gasteiger partial charge in [0, 0.05) is 17.5 Å². The number of carbonyl (C=O) groups excluding carboxylic acids is 1. The first-order chi connectivity index (χ1) is 10.8. The maximum absolute atomic E-state index is 12.3. The molecular weight excluding hydrogens is 312 g/mol. The predicted octanol–water partition coefficient (Wildman–Crippen LogP) is 3.39. The van der Waals surface area contributed by atoms with Gasteiger partial charge in [-0.1, -0.05) is 20.8 Å². The molecule has 0 fully saturated rings. The lowest BCUT2D eigenvalue weighted by Crippen LogP contribution is -2.22. The van der Waals surface area contributed by atoms with Crippen LogP contribution in [0.2, 0.25) is 0 Å². The third-order valence-electron chi connectivity index (χ3n) is 3.30. The van der Waals surface area contributed by atoms with Crippen LogP contribution in [0.4, 0.5) is 0 Å². The van der Waals surface area contributed by atoms with E-state index in [-0.39, 0.29) is 11.3 Å². The van der Waals surface area contributed by atoms with Crippen molar-refractivity contribution in [3.8, 4) is 11.5 Å². The van der Waals surface area contributed by atoms with Crippen LogP contribution in [0.5, 0.6) is 11.5 Å². The standard InChI is InChI=1S/C17H22N2O3S/c1-17(2,3)16-19-10-14(23-16)15(20)18-9-11-8-12(21-4)6-7-13(11)22-5/h6-8,10H,9H2,1-5H3,(H,18,20). The van der Waals surface area contributed by atoms with E-state index in [0.29, 0.717) is 17.2 Å². The van der Waals surface area contributed by atoms with Crippen LogP contribution < -0.4 is 14.8 Å². The molecular formula is C17H22N2O3S. The molecule has 0 radical (unpaired) electrons. The Balaban J connectivity index is 2.08. The Morgan fingerprint density at radius 2 is 2.00 bits per heavy atom. The van der Waals surface area contributed by atoms with Gasteiger partial charge in [-0.25, -0.2) is 4.98 Å². The molecule has 0 aliphatic rings. The Bertz CT molecular complexity index is 689. The lowest BCUT2D eigenvalue weighted by molar-refractivity contribution is 0.0954. The van der Waals surface area contributed by atoms with E-state index in [9.17, 15) is 4.79 Å². The minimum Gasteiger partial charge on any atom is -0.497 e. The molecule has 2 rings (SSSR count). The summed E-state index contributed by atoms with van der Waals surface area (Å²) >= 11 is 1.42. The van der Waals surface area contributed by atoms with Crippen molar-refractivity contribution in [3.63, 3.8) is 0 Å². The molecule has 0 unspecified atom stereocenters. The lowest BCUT2D eigenvalue weighted by atomic mass is 9.98. The van der Waals surface area contributed by atoms with Crippen molar-refractivity contribution in [1.29, 1.82) is 0 Å². The first-order valence-electron chi connectivity index (χ1n) is 7.30. The maximum Gasteiger partial charge on any atom is 0.263 e. The zero-order valence-electron chi connectivity index (χ0n) is 14.1. The van der Waals surface area contributed by atoms with Gasteiger partial charge < -0.3 is 14.8 Å². The zero-order valence-corrected chi connectivity index (χ0v) is 14.9. The predicted molar refractivity (Wildman–Crippen MR) is 91.5 cm³/mol. The summed E-state index contributed by atoms with van der Waals surface area (Å²) in [6, 6.07) is 5.50. The minimum absolute atomic E-state index is 0.0563. The molecule has 6 heteroatoms. The van der Waals surface area contributed by atoms with E-state index in [2.05, 4.69) is 31.1 Å². The number of thiazole rings is 1. The molecule has 0 saturated carbocycles. The fraction of sp³-hybridized carbons (Fsp3) is 0.412. The third-order valence-corrected chi connectivity index (χ3v) is 4.72. The highest BCUT2D eigenvalue weighted by atomic mass is 32.1. The van der Waals surface area contributed by atoms with E-state index in [1.807, 2.05) is 18.2 Å². The second kappa shape index (κ2) is 7.00. The van der Waals surface area contributed by atoms with Gasteiger partial charge in [-0.2, -0.15) is 0 Å². The highest BCUT2D eigenvalue weighted by Crippen LogP contribution is 2.27. The molecule has 2 aromatic rings. The SMILES string of the molecule is COc1ccc(OC)c(CNC(=O)c2cnc(C(C)(C)C)s2)c1. The van der Waals surface area contributed by atoms with Gasteiger partial charge in [-0.3, -0.25) is 4.79 Å². The Hall–Kier alpha value is -2.08. The smallest absolute Gasteiger partial charge is 0.263 e. The van der Waals surface area contributed by atoms with E-state index in [1.165, 1.54) is 11.3 Å². The lowest BCUT2D eigenvalue weighted by Gasteiger charge is -2.13. The number of amides is 1. The first-order valence-corrected chi connectivity index (χ1v) is 8.12. The minimum atomic E-state index is -0.136. The van der Waals surface area contributed by atoms with Crippen LogP contribution in [0.3, 0.4) is 0 Å². The molecule has 0 spiro atoms. The molecule has 1 aromatic carbocycles. The van der Waals surface area contributed by atoms with Gasteiger partial charge in [0.1, 0.15) is 16.4 Å². The molecule has 0 aliphatic carbocycles. The number of hydrogen-bond donors (Lipinski definition) is 1. The number of benzene rings is 1. The van der Waals surface area contributed by atoms with Crippen LogP contribution >= 0.6 is 11.3 Å². The summed E-state index contributed by atoms with van der Waals surface area (Å²) in [5.41, 5.74) is 0.805. The monoisotopic (exact) mass is 334 g/mol. The van der Waals surface area contributed by atoms with Crippen molar-refractivity contribution in [3.05, 3.63) is 39.8 Å². The fourth-order valence-corrected chi connectivity index (χ4v) is 2.90. The molecule has 1 heterocycles. The van der Waals surface area contributed by atoms with E-state index >= 15 is 0 Å². The molecule has 0 aliphatic heterocycles. The highest BCUT2D eigenvalue weighted by Gasteiger charge is 2.20. The number of nitrogens with zero attached hydrogens (tertiary/aromatic N) is 1. The molecule has 1 N–H and O–H groups in total. The van der Waals surface area contributed by atoms with Crippen molar-refractivity contribution < 1.29 is 14.3 Å². The van der Waals surface area contributed by atoms with Gasteiger partial charge in [-0.15, -0.1) is 11.3 Å². The number of rotatable bonds is 5. The van der Waals surface area contributed by atoms with E-state index < -0.39 is 0 Å². The number of methoxy groups -OCH3 is 2. The van der Waals surface area contributed by atoms with Gasteiger partial charge in [0.15, 0.2) is 0 Å². The van der Waals surface area contributed by atoms with Crippen LogP contribution in [0.25, 0.3) is 0 Å². The molecule has 0 bridgehead atoms. The van der Waals surface area contributed by atoms with Gasteiger partial charge in [0.05, 0.1) is 25.4 Å². The van der Waals surface area contributed by atoms with Gasteiger partial charge in [0.25, 0.3) is 5.91 Å². The van der Waals surface area contributed by atoms with Crippen LogP contribution in [0, 0.1) is 0 Å². The fourth-order valence-electron chi connectivity index (χ4n) is 2.01. The first kappa shape index (κ1) is 17.3. The summed E-state index contributed by atoms with van der Waals surface area (Å²) < 4.78 is 10.5. The Labute approximate surface area is 140 Å². The third kappa shape index (κ3) is 4.22. The molecule has 0 atom stereocenters. The number of hydrogen-bond acceptors (Lipinski definition) is 5. The van der Waals surface area contributed by atoms with E-state index in [0.717, 1.165) is 16.3 Å². The quantitative estimate of drug-likeness (QED) is 0.910. The summed E-state index contributed by atoms with van der Waals surface area (Å²) in [5, 5.41) is 3.85. The van der Waals surface area contributed by atoms with Crippen molar-refractivity contribution in [2.24, 2.45) is 0 Å². The van der Waals surface area contributed by atoms with Crippen molar-refractivity contribution in [2.75, 3.05) is 14.2 Å². The van der Waals surface area contributed by atoms with E-state index in [4.69, 9.17) is 9.47 Å². The van der Waals surface area contributed by atoms with Gasteiger partial charge in [-0.05, 0) is 18.2 Å². The van der Waals surface area contributed by atoms with Crippen molar-refractivity contribution in [1.82, 2.24) is 10.3 Å². The van der Waals surface area contributed by atoms with Crippen LogP contribution in [-0.2, 0) is 12.0 Å². The summed E-state index contributed by atoms with van der Waals surface area (Å²) in [4.78, 5) is 17.2. The highest BCUT2D eigenvalue weighted by molar-refractivity contribution is 7.13. The summed E-state index contributed by atoms with van der Waals surface area (Å²) in [6.07, 6.45) is 1.63. The largest absolute Gasteiger partial charge is 0.497 e. The number of ether oxygens (including phenoxy) is 2. The molecule has 5 nitrogen and oxygen atoms in total. The second-order valence-electron chi connectivity index (χ2n) is 6.14. The van der Waals surface area contributed by atoms with Crippen LogP contribution in [-0.4, -0.2) is 25.1 Å².